The van der Waals surface area contributed by atoms with Crippen molar-refractivity contribution < 1.29 is 9.59 Å². The van der Waals surface area contributed by atoms with Gasteiger partial charge in [-0.15, -0.1) is 0 Å². The molecule has 0 amide bonds. The van der Waals surface area contributed by atoms with E-state index in [-0.39, 0.29) is 11.2 Å². The number of carbonyl (C=O) groups is 2. The zero-order valence-corrected chi connectivity index (χ0v) is 6.51. The summed E-state index contributed by atoms with van der Waals surface area (Å²) in [7, 11) is 0. The van der Waals surface area contributed by atoms with Crippen LogP contribution in [0.3, 0.4) is 0 Å². The Kier molecular flexibility index (Phi) is 2.39. The average Bonchev–Trinajstić information content (AvgIpc) is 2.70. The van der Waals surface area contributed by atoms with Crippen molar-refractivity contribution in [2.75, 3.05) is 6.54 Å². The van der Waals surface area contributed by atoms with Gasteiger partial charge in [0.2, 0.25) is 0 Å². The van der Waals surface area contributed by atoms with Crippen molar-refractivity contribution in [2.45, 2.75) is 25.7 Å². The summed E-state index contributed by atoms with van der Waals surface area (Å²) < 4.78 is 0. The highest BCUT2D eigenvalue weighted by Gasteiger charge is 2.43. The number of rotatable bonds is 5. The van der Waals surface area contributed by atoms with Crippen molar-refractivity contribution in [3.8, 4) is 0 Å². The molecule has 1 aliphatic carbocycles. The van der Waals surface area contributed by atoms with Crippen LogP contribution in [0.4, 0.5) is 0 Å². The van der Waals surface area contributed by atoms with Crippen molar-refractivity contribution in [2.24, 2.45) is 11.1 Å². The van der Waals surface area contributed by atoms with Crippen LogP contribution < -0.4 is 5.73 Å². The van der Waals surface area contributed by atoms with Gasteiger partial charge in [-0.1, -0.05) is 0 Å². The van der Waals surface area contributed by atoms with Crippen molar-refractivity contribution in [3.05, 3.63) is 0 Å². The molecule has 0 heterocycles. The Hall–Kier alpha value is -0.700. The van der Waals surface area contributed by atoms with Crippen LogP contribution in [0, 0.1) is 5.41 Å². The Morgan fingerprint density at radius 2 is 2.18 bits per heavy atom. The number of ketones is 1. The molecule has 3 heteroatoms. The van der Waals surface area contributed by atoms with E-state index in [1.807, 2.05) is 0 Å². The number of hydrogen-bond donors (Lipinski definition) is 1. The number of nitrogens with two attached hydrogens (primary N) is 1. The highest BCUT2D eigenvalue weighted by Crippen LogP contribution is 2.46. The zero-order chi connectivity index (χ0) is 8.32. The molecular formula is C8H13NO2. The van der Waals surface area contributed by atoms with Gasteiger partial charge in [0.1, 0.15) is 12.1 Å². The van der Waals surface area contributed by atoms with E-state index in [0.29, 0.717) is 19.4 Å². The Labute approximate surface area is 66.0 Å². The number of hydrogen-bond acceptors (Lipinski definition) is 3. The summed E-state index contributed by atoms with van der Waals surface area (Å²) in [6.07, 6.45) is 3.50. The number of aldehydes is 1. The van der Waals surface area contributed by atoms with Gasteiger partial charge in [-0.05, 0) is 19.4 Å². The molecular weight excluding hydrogens is 142 g/mol. The van der Waals surface area contributed by atoms with Gasteiger partial charge in [-0.2, -0.15) is 0 Å². The first kappa shape index (κ1) is 8.40. The summed E-state index contributed by atoms with van der Waals surface area (Å²) in [4.78, 5) is 21.5. The molecule has 62 valence electrons. The molecule has 0 aromatic carbocycles. The minimum atomic E-state index is -0.272. The van der Waals surface area contributed by atoms with Crippen LogP contribution in [0.25, 0.3) is 0 Å². The lowest BCUT2D eigenvalue weighted by Crippen LogP contribution is -2.14. The summed E-state index contributed by atoms with van der Waals surface area (Å²) in [5, 5.41) is 0. The van der Waals surface area contributed by atoms with E-state index in [2.05, 4.69) is 0 Å². The molecule has 0 aromatic rings. The Bertz CT molecular complexity index is 173. The van der Waals surface area contributed by atoms with Gasteiger partial charge in [-0.25, -0.2) is 0 Å². The molecule has 1 saturated carbocycles. The summed E-state index contributed by atoms with van der Waals surface area (Å²) in [5.74, 6) is 0.122. The molecule has 1 fully saturated rings. The lowest BCUT2D eigenvalue weighted by atomic mass is 10.00. The Morgan fingerprint density at radius 1 is 1.55 bits per heavy atom. The first-order chi connectivity index (χ1) is 5.22. The van der Waals surface area contributed by atoms with Crippen LogP contribution in [0.1, 0.15) is 25.7 Å². The molecule has 0 aliphatic heterocycles. The van der Waals surface area contributed by atoms with Gasteiger partial charge in [0.05, 0.1) is 0 Å². The van der Waals surface area contributed by atoms with Gasteiger partial charge in [0, 0.05) is 18.3 Å². The molecule has 2 N–H and O–H groups in total. The maximum Gasteiger partial charge on any atom is 0.135 e. The fourth-order valence-electron chi connectivity index (χ4n) is 1.14. The molecule has 1 rings (SSSR count). The first-order valence-corrected chi connectivity index (χ1v) is 3.90. The number of Topliss-reactive ketones (excluding diaryl/α,β-unsaturated/α-hetero) is 1. The monoisotopic (exact) mass is 155 g/mol. The molecule has 0 radical (unpaired) electrons. The molecule has 11 heavy (non-hydrogen) atoms. The highest BCUT2D eigenvalue weighted by atomic mass is 16.1. The second-order valence-corrected chi connectivity index (χ2v) is 3.23. The predicted octanol–water partition coefficient (Wildman–Crippen LogP) is 0.274. The second-order valence-electron chi connectivity index (χ2n) is 3.23. The maximum absolute atomic E-state index is 11.0. The highest BCUT2D eigenvalue weighted by molar-refractivity contribution is 5.83. The van der Waals surface area contributed by atoms with Crippen LogP contribution in [0.2, 0.25) is 0 Å². The van der Waals surface area contributed by atoms with Crippen LogP contribution in [0.15, 0.2) is 0 Å². The standard InChI is InChI=1S/C8H13NO2/c9-4-1-7(11)5-8(6-10)2-3-8/h6H,1-5,9H2. The SMILES string of the molecule is NCCC(=O)CC1(C=O)CC1. The summed E-state index contributed by atoms with van der Waals surface area (Å²) >= 11 is 0. The van der Waals surface area contributed by atoms with Gasteiger partial charge in [-0.3, -0.25) is 4.79 Å². The number of carbonyl (C=O) groups excluding carboxylic acids is 2. The van der Waals surface area contributed by atoms with E-state index in [9.17, 15) is 9.59 Å². The third-order valence-corrected chi connectivity index (χ3v) is 2.11. The second kappa shape index (κ2) is 3.13. The third-order valence-electron chi connectivity index (χ3n) is 2.11. The quantitative estimate of drug-likeness (QED) is 0.580. The fraction of sp³-hybridized carbons (Fsp3) is 0.750. The average molecular weight is 155 g/mol. The summed E-state index contributed by atoms with van der Waals surface area (Å²) in [6, 6.07) is 0. The lowest BCUT2D eigenvalue weighted by molar-refractivity contribution is -0.123. The predicted molar refractivity (Wildman–Crippen MR) is 41.0 cm³/mol. The summed E-state index contributed by atoms with van der Waals surface area (Å²) in [5.41, 5.74) is 4.93. The van der Waals surface area contributed by atoms with E-state index < -0.39 is 0 Å². The van der Waals surface area contributed by atoms with Gasteiger partial charge < -0.3 is 10.5 Å². The molecule has 1 aliphatic rings. The van der Waals surface area contributed by atoms with Gasteiger partial charge in [0.25, 0.3) is 0 Å². The van der Waals surface area contributed by atoms with Crippen LogP contribution >= 0.6 is 0 Å². The minimum Gasteiger partial charge on any atom is -0.330 e. The molecule has 0 spiro atoms. The molecule has 0 aromatic heterocycles. The van der Waals surface area contributed by atoms with E-state index in [1.54, 1.807) is 0 Å². The van der Waals surface area contributed by atoms with Crippen LogP contribution in [-0.2, 0) is 9.59 Å². The molecule has 0 atom stereocenters. The van der Waals surface area contributed by atoms with E-state index in [4.69, 9.17) is 5.73 Å². The first-order valence-electron chi connectivity index (χ1n) is 3.90. The fourth-order valence-corrected chi connectivity index (χ4v) is 1.14. The molecule has 0 unspecified atom stereocenters. The normalized spacial score (nSPS) is 19.4. The van der Waals surface area contributed by atoms with E-state index >= 15 is 0 Å². The van der Waals surface area contributed by atoms with Crippen molar-refractivity contribution in [1.82, 2.24) is 0 Å². The van der Waals surface area contributed by atoms with E-state index in [0.717, 1.165) is 19.1 Å². The molecule has 0 saturated heterocycles. The minimum absolute atomic E-state index is 0.122. The van der Waals surface area contributed by atoms with Crippen molar-refractivity contribution >= 4 is 12.1 Å². The van der Waals surface area contributed by atoms with Gasteiger partial charge >= 0.3 is 0 Å². The smallest absolute Gasteiger partial charge is 0.135 e. The van der Waals surface area contributed by atoms with Crippen LogP contribution in [-0.4, -0.2) is 18.6 Å². The van der Waals surface area contributed by atoms with Crippen molar-refractivity contribution in [1.29, 1.82) is 0 Å². The lowest BCUT2D eigenvalue weighted by Gasteiger charge is -2.03. The Balaban J connectivity index is 2.30. The zero-order valence-electron chi connectivity index (χ0n) is 6.51. The summed E-state index contributed by atoms with van der Waals surface area (Å²) in [6.45, 7) is 0.397. The maximum atomic E-state index is 11.0. The van der Waals surface area contributed by atoms with Gasteiger partial charge in [0.15, 0.2) is 0 Å². The Morgan fingerprint density at radius 3 is 2.55 bits per heavy atom. The van der Waals surface area contributed by atoms with Crippen molar-refractivity contribution in [3.63, 3.8) is 0 Å². The molecule has 3 nitrogen and oxygen atoms in total. The molecule has 0 bridgehead atoms. The topological polar surface area (TPSA) is 60.2 Å². The van der Waals surface area contributed by atoms with E-state index in [1.165, 1.54) is 0 Å². The third kappa shape index (κ3) is 2.12. The van der Waals surface area contributed by atoms with Crippen LogP contribution in [0.5, 0.6) is 0 Å². The largest absolute Gasteiger partial charge is 0.330 e.